The number of amides is 2. The first kappa shape index (κ1) is 13.0. The molecule has 0 aromatic heterocycles. The van der Waals surface area contributed by atoms with Gasteiger partial charge in [-0.1, -0.05) is 0 Å². The lowest BCUT2D eigenvalue weighted by atomic mass is 10.00. The zero-order valence-electron chi connectivity index (χ0n) is 10.0. The smallest absolute Gasteiger partial charge is 0.239 e. The van der Waals surface area contributed by atoms with Gasteiger partial charge < -0.3 is 16.4 Å². The largest absolute Gasteiger partial charge is 0.352 e. The number of nitrogens with two attached hydrogens (primary N) is 1. The van der Waals surface area contributed by atoms with Crippen LogP contribution >= 0.6 is 0 Å². The van der Waals surface area contributed by atoms with E-state index in [1.54, 1.807) is 0 Å². The van der Waals surface area contributed by atoms with Crippen molar-refractivity contribution >= 4 is 11.8 Å². The lowest BCUT2D eigenvalue weighted by Gasteiger charge is -2.17. The van der Waals surface area contributed by atoms with Gasteiger partial charge in [0.25, 0.3) is 0 Å². The molecule has 0 atom stereocenters. The van der Waals surface area contributed by atoms with Gasteiger partial charge in [-0.2, -0.15) is 0 Å². The van der Waals surface area contributed by atoms with E-state index < -0.39 is 0 Å². The molecule has 1 aliphatic carbocycles. The molecule has 1 aliphatic rings. The van der Waals surface area contributed by atoms with Crippen molar-refractivity contribution in [1.29, 1.82) is 0 Å². The average molecular weight is 227 g/mol. The van der Waals surface area contributed by atoms with Crippen LogP contribution in [0.25, 0.3) is 0 Å². The van der Waals surface area contributed by atoms with Gasteiger partial charge in [0.15, 0.2) is 0 Å². The molecule has 0 radical (unpaired) electrons. The normalized spacial score (nSPS) is 15.7. The third-order valence-corrected chi connectivity index (χ3v) is 2.38. The van der Waals surface area contributed by atoms with Crippen LogP contribution in [0.2, 0.25) is 0 Å². The van der Waals surface area contributed by atoms with E-state index in [2.05, 4.69) is 10.6 Å². The fraction of sp³-hybridized carbons (Fsp3) is 0.818. The number of carbonyl (C=O) groups excluding carboxylic acids is 2. The van der Waals surface area contributed by atoms with Gasteiger partial charge in [-0.3, -0.25) is 9.59 Å². The first-order valence-electron chi connectivity index (χ1n) is 5.72. The van der Waals surface area contributed by atoms with Gasteiger partial charge in [0.05, 0.1) is 6.54 Å². The number of hydrogen-bond donors (Lipinski definition) is 3. The second kappa shape index (κ2) is 5.30. The van der Waals surface area contributed by atoms with Crippen LogP contribution in [-0.2, 0) is 9.59 Å². The lowest BCUT2D eigenvalue weighted by Crippen LogP contribution is -2.39. The van der Waals surface area contributed by atoms with Gasteiger partial charge >= 0.3 is 0 Å². The van der Waals surface area contributed by atoms with Gasteiger partial charge in [-0.25, -0.2) is 0 Å². The fourth-order valence-corrected chi connectivity index (χ4v) is 1.21. The number of nitrogens with one attached hydrogen (secondary N) is 2. The van der Waals surface area contributed by atoms with Crippen LogP contribution in [0.5, 0.6) is 0 Å². The molecule has 4 N–H and O–H groups in total. The van der Waals surface area contributed by atoms with Gasteiger partial charge in [0.1, 0.15) is 0 Å². The molecular formula is C11H21N3O2. The predicted octanol–water partition coefficient (Wildman–Crippen LogP) is -0.101. The maximum atomic E-state index is 11.3. The van der Waals surface area contributed by atoms with Gasteiger partial charge in [0.2, 0.25) is 11.8 Å². The summed E-state index contributed by atoms with van der Waals surface area (Å²) in [6, 6.07) is 0.340. The van der Waals surface area contributed by atoms with Crippen molar-refractivity contribution in [3.05, 3.63) is 0 Å². The van der Waals surface area contributed by atoms with E-state index in [9.17, 15) is 9.59 Å². The molecule has 0 aromatic rings. The zero-order valence-corrected chi connectivity index (χ0v) is 10.0. The molecule has 0 spiro atoms. The van der Waals surface area contributed by atoms with E-state index in [-0.39, 0.29) is 23.9 Å². The Morgan fingerprint density at radius 3 is 2.44 bits per heavy atom. The summed E-state index contributed by atoms with van der Waals surface area (Å²) in [7, 11) is 0. The van der Waals surface area contributed by atoms with Crippen LogP contribution in [0.15, 0.2) is 0 Å². The SMILES string of the molecule is CC(C)(N)CCC(=O)NCC(=O)NC1CC1. The van der Waals surface area contributed by atoms with Crippen molar-refractivity contribution in [2.45, 2.75) is 51.1 Å². The first-order chi connectivity index (χ1) is 7.37. The van der Waals surface area contributed by atoms with Crippen molar-refractivity contribution in [1.82, 2.24) is 10.6 Å². The van der Waals surface area contributed by atoms with Gasteiger partial charge in [-0.05, 0) is 33.1 Å². The van der Waals surface area contributed by atoms with Crippen LogP contribution < -0.4 is 16.4 Å². The van der Waals surface area contributed by atoms with Crippen LogP contribution in [-0.4, -0.2) is 29.9 Å². The van der Waals surface area contributed by atoms with Crippen molar-refractivity contribution in [3.8, 4) is 0 Å². The molecule has 0 unspecified atom stereocenters. The Hall–Kier alpha value is -1.10. The minimum absolute atomic E-state index is 0.0698. The standard InChI is InChI=1S/C11H21N3O2/c1-11(2,12)6-5-9(15)13-7-10(16)14-8-3-4-8/h8H,3-7,12H2,1-2H3,(H,13,15)(H,14,16). The third kappa shape index (κ3) is 6.40. The van der Waals surface area contributed by atoms with E-state index in [0.717, 1.165) is 12.8 Å². The topological polar surface area (TPSA) is 84.2 Å². The third-order valence-electron chi connectivity index (χ3n) is 2.38. The molecule has 16 heavy (non-hydrogen) atoms. The van der Waals surface area contributed by atoms with E-state index in [1.165, 1.54) is 0 Å². The monoisotopic (exact) mass is 227 g/mol. The van der Waals surface area contributed by atoms with E-state index in [4.69, 9.17) is 5.73 Å². The average Bonchev–Trinajstić information content (AvgIpc) is 2.94. The second-order valence-electron chi connectivity index (χ2n) is 5.11. The summed E-state index contributed by atoms with van der Waals surface area (Å²) in [5, 5.41) is 5.38. The lowest BCUT2D eigenvalue weighted by molar-refractivity contribution is -0.126. The molecule has 5 nitrogen and oxygen atoms in total. The summed E-state index contributed by atoms with van der Waals surface area (Å²) in [4.78, 5) is 22.6. The molecular weight excluding hydrogens is 206 g/mol. The molecule has 0 aliphatic heterocycles. The molecule has 1 rings (SSSR count). The van der Waals surface area contributed by atoms with Crippen LogP contribution in [0.3, 0.4) is 0 Å². The number of rotatable bonds is 6. The fourth-order valence-electron chi connectivity index (χ4n) is 1.21. The Morgan fingerprint density at radius 1 is 1.31 bits per heavy atom. The molecule has 1 fully saturated rings. The predicted molar refractivity (Wildman–Crippen MR) is 61.7 cm³/mol. The Balaban J connectivity index is 2.07. The van der Waals surface area contributed by atoms with Crippen LogP contribution in [0.1, 0.15) is 39.5 Å². The van der Waals surface area contributed by atoms with Gasteiger partial charge in [0, 0.05) is 18.0 Å². The summed E-state index contributed by atoms with van der Waals surface area (Å²) in [6.07, 6.45) is 3.09. The van der Waals surface area contributed by atoms with E-state index in [0.29, 0.717) is 18.9 Å². The van der Waals surface area contributed by atoms with Crippen LogP contribution in [0.4, 0.5) is 0 Å². The van der Waals surface area contributed by atoms with Gasteiger partial charge in [-0.15, -0.1) is 0 Å². The molecule has 5 heteroatoms. The highest BCUT2D eigenvalue weighted by Crippen LogP contribution is 2.18. The van der Waals surface area contributed by atoms with E-state index in [1.807, 2.05) is 13.8 Å². The summed E-state index contributed by atoms with van der Waals surface area (Å²) >= 11 is 0. The van der Waals surface area contributed by atoms with Crippen LogP contribution in [0, 0.1) is 0 Å². The second-order valence-corrected chi connectivity index (χ2v) is 5.11. The first-order valence-corrected chi connectivity index (χ1v) is 5.72. The van der Waals surface area contributed by atoms with Crippen molar-refractivity contribution in [2.24, 2.45) is 5.73 Å². The van der Waals surface area contributed by atoms with E-state index >= 15 is 0 Å². The molecule has 0 heterocycles. The highest BCUT2D eigenvalue weighted by molar-refractivity contribution is 5.84. The maximum Gasteiger partial charge on any atom is 0.239 e. The molecule has 92 valence electrons. The highest BCUT2D eigenvalue weighted by Gasteiger charge is 2.23. The summed E-state index contributed by atoms with van der Waals surface area (Å²) in [5.41, 5.74) is 5.41. The zero-order chi connectivity index (χ0) is 12.2. The minimum Gasteiger partial charge on any atom is -0.352 e. The maximum absolute atomic E-state index is 11.3. The highest BCUT2D eigenvalue weighted by atomic mass is 16.2. The number of carbonyl (C=O) groups is 2. The minimum atomic E-state index is -0.340. The molecule has 0 saturated heterocycles. The Labute approximate surface area is 96.1 Å². The Kier molecular flexibility index (Phi) is 4.29. The van der Waals surface area contributed by atoms with Crippen molar-refractivity contribution in [2.75, 3.05) is 6.54 Å². The summed E-state index contributed by atoms with van der Waals surface area (Å²) in [6.45, 7) is 3.82. The molecule has 2 amide bonds. The Morgan fingerprint density at radius 2 is 1.94 bits per heavy atom. The van der Waals surface area contributed by atoms with Crippen molar-refractivity contribution in [3.63, 3.8) is 0 Å². The molecule has 0 bridgehead atoms. The number of hydrogen-bond acceptors (Lipinski definition) is 3. The quantitative estimate of drug-likeness (QED) is 0.592. The molecule has 1 saturated carbocycles. The molecule has 0 aromatic carbocycles. The van der Waals surface area contributed by atoms with Crippen molar-refractivity contribution < 1.29 is 9.59 Å². The Bertz CT molecular complexity index is 267. The summed E-state index contributed by atoms with van der Waals surface area (Å²) in [5.74, 6) is -0.229. The summed E-state index contributed by atoms with van der Waals surface area (Å²) < 4.78 is 0.